The van der Waals surface area contributed by atoms with E-state index in [1.807, 2.05) is 13.0 Å². The molecular weight excluding hydrogens is 355 g/mol. The van der Waals surface area contributed by atoms with Gasteiger partial charge in [0.2, 0.25) is 10.0 Å². The zero-order valence-electron chi connectivity index (χ0n) is 14.8. The van der Waals surface area contributed by atoms with Crippen molar-refractivity contribution in [3.8, 4) is 0 Å². The summed E-state index contributed by atoms with van der Waals surface area (Å²) in [5.74, 6) is -0.977. The molecule has 0 atom stereocenters. The molecule has 0 spiro atoms. The molecule has 0 saturated carbocycles. The zero-order valence-corrected chi connectivity index (χ0v) is 15.6. The van der Waals surface area contributed by atoms with Gasteiger partial charge in [0.05, 0.1) is 10.5 Å². The monoisotopic (exact) mass is 376 g/mol. The number of hydrogen-bond donors (Lipinski definition) is 0. The maximum absolute atomic E-state index is 13.8. The van der Waals surface area contributed by atoms with Crippen LogP contribution in [0.25, 0.3) is 0 Å². The Balaban J connectivity index is 1.75. The second-order valence-electron chi connectivity index (χ2n) is 6.45. The molecule has 1 aliphatic rings. The van der Waals surface area contributed by atoms with Gasteiger partial charge in [-0.2, -0.15) is 4.31 Å². The van der Waals surface area contributed by atoms with E-state index in [4.69, 9.17) is 0 Å². The predicted molar refractivity (Wildman–Crippen MR) is 97.0 cm³/mol. The van der Waals surface area contributed by atoms with Crippen LogP contribution >= 0.6 is 0 Å². The first-order valence-electron chi connectivity index (χ1n) is 8.42. The van der Waals surface area contributed by atoms with E-state index in [1.165, 1.54) is 27.4 Å². The average Bonchev–Trinajstić information content (AvgIpc) is 2.63. The molecule has 2 aromatic carbocycles. The van der Waals surface area contributed by atoms with Crippen LogP contribution in [0.3, 0.4) is 0 Å². The SMILES string of the molecule is Cc1ccc(C)c(S(=O)(=O)N2CCN(C(=O)c3ccccc3F)CC2)c1. The summed E-state index contributed by atoms with van der Waals surface area (Å²) < 4.78 is 41.0. The van der Waals surface area contributed by atoms with Crippen LogP contribution in [0.5, 0.6) is 0 Å². The summed E-state index contributed by atoms with van der Waals surface area (Å²) in [5.41, 5.74) is 1.58. The van der Waals surface area contributed by atoms with Crippen molar-refractivity contribution in [2.45, 2.75) is 18.7 Å². The second-order valence-corrected chi connectivity index (χ2v) is 8.35. The largest absolute Gasteiger partial charge is 0.336 e. The summed E-state index contributed by atoms with van der Waals surface area (Å²) in [5, 5.41) is 0. The van der Waals surface area contributed by atoms with E-state index >= 15 is 0 Å². The molecule has 5 nitrogen and oxygen atoms in total. The van der Waals surface area contributed by atoms with Gasteiger partial charge in [-0.1, -0.05) is 24.3 Å². The van der Waals surface area contributed by atoms with Crippen molar-refractivity contribution in [2.24, 2.45) is 0 Å². The first-order chi connectivity index (χ1) is 12.3. The molecular formula is C19H21FN2O3S. The van der Waals surface area contributed by atoms with Gasteiger partial charge < -0.3 is 4.90 Å². The van der Waals surface area contributed by atoms with Gasteiger partial charge in [0.1, 0.15) is 5.82 Å². The van der Waals surface area contributed by atoms with Gasteiger partial charge in [0, 0.05) is 26.2 Å². The Morgan fingerprint density at radius 1 is 1.00 bits per heavy atom. The highest BCUT2D eigenvalue weighted by atomic mass is 32.2. The number of nitrogens with zero attached hydrogens (tertiary/aromatic N) is 2. The van der Waals surface area contributed by atoms with Gasteiger partial charge in [-0.25, -0.2) is 12.8 Å². The lowest BCUT2D eigenvalue weighted by molar-refractivity contribution is 0.0693. The van der Waals surface area contributed by atoms with Gasteiger partial charge in [0.25, 0.3) is 5.91 Å². The number of benzene rings is 2. The van der Waals surface area contributed by atoms with E-state index in [9.17, 15) is 17.6 Å². The van der Waals surface area contributed by atoms with Crippen molar-refractivity contribution >= 4 is 15.9 Å². The highest BCUT2D eigenvalue weighted by Crippen LogP contribution is 2.23. The fourth-order valence-electron chi connectivity index (χ4n) is 3.06. The predicted octanol–water partition coefficient (Wildman–Crippen LogP) is 2.59. The molecule has 0 aromatic heterocycles. The summed E-state index contributed by atoms with van der Waals surface area (Å²) in [4.78, 5) is 14.3. The Hall–Kier alpha value is -2.25. The summed E-state index contributed by atoms with van der Waals surface area (Å²) in [7, 11) is -3.62. The van der Waals surface area contributed by atoms with Gasteiger partial charge in [-0.15, -0.1) is 0 Å². The molecule has 0 N–H and O–H groups in total. The van der Waals surface area contributed by atoms with Crippen molar-refractivity contribution in [3.05, 3.63) is 65.0 Å². The topological polar surface area (TPSA) is 57.7 Å². The maximum Gasteiger partial charge on any atom is 0.256 e. The second kappa shape index (κ2) is 7.17. The van der Waals surface area contributed by atoms with Crippen molar-refractivity contribution in [3.63, 3.8) is 0 Å². The van der Waals surface area contributed by atoms with Crippen molar-refractivity contribution in [1.82, 2.24) is 9.21 Å². The highest BCUT2D eigenvalue weighted by molar-refractivity contribution is 7.89. The number of piperazine rings is 1. The van der Waals surface area contributed by atoms with Crippen LogP contribution in [0.15, 0.2) is 47.4 Å². The Morgan fingerprint density at radius 2 is 1.65 bits per heavy atom. The molecule has 0 unspecified atom stereocenters. The number of carbonyl (C=O) groups is 1. The lowest BCUT2D eigenvalue weighted by Crippen LogP contribution is -2.50. The quantitative estimate of drug-likeness (QED) is 0.827. The first kappa shape index (κ1) is 18.5. The van der Waals surface area contributed by atoms with Crippen LogP contribution in [0.4, 0.5) is 4.39 Å². The number of aryl methyl sites for hydroxylation is 2. The van der Waals surface area contributed by atoms with E-state index in [0.29, 0.717) is 10.5 Å². The van der Waals surface area contributed by atoms with Crippen LogP contribution in [-0.2, 0) is 10.0 Å². The molecule has 1 saturated heterocycles. The Labute approximate surface area is 153 Å². The van der Waals surface area contributed by atoms with Crippen LogP contribution in [0.1, 0.15) is 21.5 Å². The molecule has 0 bridgehead atoms. The molecule has 1 heterocycles. The van der Waals surface area contributed by atoms with Crippen LogP contribution in [0, 0.1) is 19.7 Å². The van der Waals surface area contributed by atoms with E-state index in [2.05, 4.69) is 0 Å². The molecule has 1 amide bonds. The van der Waals surface area contributed by atoms with Gasteiger partial charge >= 0.3 is 0 Å². The van der Waals surface area contributed by atoms with Gasteiger partial charge in [-0.3, -0.25) is 4.79 Å². The van der Waals surface area contributed by atoms with Crippen LogP contribution in [-0.4, -0.2) is 49.7 Å². The molecule has 26 heavy (non-hydrogen) atoms. The molecule has 0 radical (unpaired) electrons. The van der Waals surface area contributed by atoms with Crippen molar-refractivity contribution in [1.29, 1.82) is 0 Å². The van der Waals surface area contributed by atoms with Crippen LogP contribution < -0.4 is 0 Å². The van der Waals surface area contributed by atoms with E-state index < -0.39 is 21.7 Å². The minimum Gasteiger partial charge on any atom is -0.336 e. The first-order valence-corrected chi connectivity index (χ1v) is 9.86. The third-order valence-electron chi connectivity index (χ3n) is 4.59. The third-order valence-corrected chi connectivity index (χ3v) is 6.63. The third kappa shape index (κ3) is 3.50. The summed E-state index contributed by atoms with van der Waals surface area (Å²) in [6.07, 6.45) is 0. The minimum absolute atomic E-state index is 0.0123. The summed E-state index contributed by atoms with van der Waals surface area (Å²) in [6, 6.07) is 11.2. The normalized spacial score (nSPS) is 15.9. The maximum atomic E-state index is 13.8. The summed E-state index contributed by atoms with van der Waals surface area (Å²) in [6.45, 7) is 4.47. The fourth-order valence-corrected chi connectivity index (χ4v) is 4.79. The fraction of sp³-hybridized carbons (Fsp3) is 0.316. The highest BCUT2D eigenvalue weighted by Gasteiger charge is 2.31. The smallest absolute Gasteiger partial charge is 0.256 e. The van der Waals surface area contributed by atoms with Crippen molar-refractivity contribution in [2.75, 3.05) is 26.2 Å². The molecule has 138 valence electrons. The number of carbonyl (C=O) groups excluding carboxylic acids is 1. The zero-order chi connectivity index (χ0) is 18.9. The Bertz CT molecular complexity index is 936. The number of amides is 1. The standard InChI is InChI=1S/C19H21FN2O3S/c1-14-7-8-15(2)18(13-14)26(24,25)22-11-9-21(10-12-22)19(23)16-5-3-4-6-17(16)20/h3-8,13H,9-12H2,1-2H3. The van der Waals surface area contributed by atoms with Gasteiger partial charge in [0.15, 0.2) is 0 Å². The molecule has 0 aliphatic carbocycles. The molecule has 1 aliphatic heterocycles. The minimum atomic E-state index is -3.62. The Morgan fingerprint density at radius 3 is 2.31 bits per heavy atom. The van der Waals surface area contributed by atoms with Crippen molar-refractivity contribution < 1.29 is 17.6 Å². The van der Waals surface area contributed by atoms with E-state index in [-0.39, 0.29) is 31.7 Å². The lowest BCUT2D eigenvalue weighted by atomic mass is 10.1. The molecule has 1 fully saturated rings. The molecule has 3 rings (SSSR count). The van der Waals surface area contributed by atoms with Gasteiger partial charge in [-0.05, 0) is 43.2 Å². The number of rotatable bonds is 3. The average molecular weight is 376 g/mol. The Kier molecular flexibility index (Phi) is 5.11. The van der Waals surface area contributed by atoms with E-state index in [1.54, 1.807) is 25.1 Å². The number of sulfonamides is 1. The lowest BCUT2D eigenvalue weighted by Gasteiger charge is -2.34. The number of halogens is 1. The van der Waals surface area contributed by atoms with E-state index in [0.717, 1.165) is 5.56 Å². The number of hydrogen-bond acceptors (Lipinski definition) is 3. The summed E-state index contributed by atoms with van der Waals surface area (Å²) >= 11 is 0. The molecule has 2 aromatic rings. The molecule has 7 heteroatoms. The van der Waals surface area contributed by atoms with Crippen LogP contribution in [0.2, 0.25) is 0 Å².